The van der Waals surface area contributed by atoms with Crippen molar-refractivity contribution in [3.63, 3.8) is 0 Å². The highest BCUT2D eigenvalue weighted by Crippen LogP contribution is 2.26. The summed E-state index contributed by atoms with van der Waals surface area (Å²) in [6.45, 7) is 4.28. The first-order chi connectivity index (χ1) is 13.9. The number of amides is 2. The second-order valence-electron chi connectivity index (χ2n) is 8.55. The maximum atomic E-state index is 12.4. The topological polar surface area (TPSA) is 98.0 Å². The SMILES string of the molecule is CC(C)[C@H](Cc1nc(CNC(=O)CC2CCCCC2)nc2ccccc12)C(N)=O. The number of hydrogen-bond acceptors (Lipinski definition) is 4. The van der Waals surface area contributed by atoms with E-state index in [1.165, 1.54) is 19.3 Å². The zero-order chi connectivity index (χ0) is 20.8. The maximum absolute atomic E-state index is 12.4. The number of carbonyl (C=O) groups is 2. The van der Waals surface area contributed by atoms with Crippen LogP contribution in [-0.2, 0) is 22.6 Å². The minimum Gasteiger partial charge on any atom is -0.369 e. The number of rotatable bonds is 8. The average molecular weight is 397 g/mol. The van der Waals surface area contributed by atoms with Crippen molar-refractivity contribution in [1.82, 2.24) is 15.3 Å². The number of primary amides is 1. The van der Waals surface area contributed by atoms with E-state index < -0.39 is 0 Å². The van der Waals surface area contributed by atoms with E-state index in [1.807, 2.05) is 38.1 Å². The molecular formula is C23H32N4O2. The summed E-state index contributed by atoms with van der Waals surface area (Å²) in [5.74, 6) is 0.654. The Labute approximate surface area is 172 Å². The molecule has 0 aliphatic heterocycles. The lowest BCUT2D eigenvalue weighted by atomic mass is 9.87. The van der Waals surface area contributed by atoms with Crippen LogP contribution in [0.5, 0.6) is 0 Å². The van der Waals surface area contributed by atoms with Gasteiger partial charge in [0.05, 0.1) is 17.8 Å². The molecular weight excluding hydrogens is 364 g/mol. The highest BCUT2D eigenvalue weighted by molar-refractivity contribution is 5.83. The van der Waals surface area contributed by atoms with Gasteiger partial charge in [-0.25, -0.2) is 9.97 Å². The molecule has 0 radical (unpaired) electrons. The minimum atomic E-state index is -0.315. The van der Waals surface area contributed by atoms with Crippen molar-refractivity contribution in [3.8, 4) is 0 Å². The molecule has 156 valence electrons. The van der Waals surface area contributed by atoms with Crippen molar-refractivity contribution in [3.05, 3.63) is 35.8 Å². The van der Waals surface area contributed by atoms with Crippen molar-refractivity contribution in [2.45, 2.75) is 65.3 Å². The number of benzene rings is 1. The first-order valence-electron chi connectivity index (χ1n) is 10.7. The van der Waals surface area contributed by atoms with E-state index in [-0.39, 0.29) is 23.7 Å². The van der Waals surface area contributed by atoms with Crippen molar-refractivity contribution in [2.24, 2.45) is 23.5 Å². The van der Waals surface area contributed by atoms with Crippen LogP contribution >= 0.6 is 0 Å². The highest BCUT2D eigenvalue weighted by atomic mass is 16.2. The van der Waals surface area contributed by atoms with Gasteiger partial charge in [0.25, 0.3) is 0 Å². The second-order valence-corrected chi connectivity index (χ2v) is 8.55. The number of nitrogens with two attached hydrogens (primary N) is 1. The van der Waals surface area contributed by atoms with Gasteiger partial charge in [0.15, 0.2) is 0 Å². The molecule has 1 heterocycles. The summed E-state index contributed by atoms with van der Waals surface area (Å²) in [6.07, 6.45) is 7.09. The molecule has 6 nitrogen and oxygen atoms in total. The van der Waals surface area contributed by atoms with E-state index >= 15 is 0 Å². The molecule has 1 aromatic carbocycles. The van der Waals surface area contributed by atoms with Gasteiger partial charge in [0, 0.05) is 24.1 Å². The largest absolute Gasteiger partial charge is 0.369 e. The normalized spacial score (nSPS) is 16.1. The smallest absolute Gasteiger partial charge is 0.221 e. The van der Waals surface area contributed by atoms with Crippen LogP contribution in [0, 0.1) is 17.8 Å². The molecule has 0 saturated heterocycles. The molecule has 29 heavy (non-hydrogen) atoms. The Morgan fingerprint density at radius 1 is 1.14 bits per heavy atom. The zero-order valence-electron chi connectivity index (χ0n) is 17.5. The van der Waals surface area contributed by atoms with Gasteiger partial charge in [-0.3, -0.25) is 9.59 Å². The lowest BCUT2D eigenvalue weighted by Gasteiger charge is -2.21. The summed E-state index contributed by atoms with van der Waals surface area (Å²) < 4.78 is 0. The first-order valence-corrected chi connectivity index (χ1v) is 10.7. The van der Waals surface area contributed by atoms with Crippen molar-refractivity contribution < 1.29 is 9.59 Å². The lowest BCUT2D eigenvalue weighted by molar-refractivity contribution is -0.123. The molecule has 1 saturated carbocycles. The summed E-state index contributed by atoms with van der Waals surface area (Å²) in [4.78, 5) is 33.6. The summed E-state index contributed by atoms with van der Waals surface area (Å²) >= 11 is 0. The minimum absolute atomic E-state index is 0.0624. The van der Waals surface area contributed by atoms with Gasteiger partial charge in [-0.15, -0.1) is 0 Å². The average Bonchev–Trinajstić information content (AvgIpc) is 2.70. The molecule has 1 atom stereocenters. The number of fused-ring (bicyclic) bond motifs is 1. The third-order valence-corrected chi connectivity index (χ3v) is 5.95. The summed E-state index contributed by atoms with van der Waals surface area (Å²) in [7, 11) is 0. The Kier molecular flexibility index (Phi) is 7.18. The van der Waals surface area contributed by atoms with Gasteiger partial charge in [-0.05, 0) is 30.7 Å². The van der Waals surface area contributed by atoms with Crippen LogP contribution in [0.4, 0.5) is 0 Å². The van der Waals surface area contributed by atoms with Gasteiger partial charge >= 0.3 is 0 Å². The van der Waals surface area contributed by atoms with E-state index in [2.05, 4.69) is 10.3 Å². The third-order valence-electron chi connectivity index (χ3n) is 5.95. The van der Waals surface area contributed by atoms with Crippen molar-refractivity contribution in [2.75, 3.05) is 0 Å². The lowest BCUT2D eigenvalue weighted by Crippen LogP contribution is -2.30. The molecule has 6 heteroatoms. The fourth-order valence-corrected chi connectivity index (χ4v) is 4.21. The molecule has 0 bridgehead atoms. The Morgan fingerprint density at radius 2 is 1.86 bits per heavy atom. The van der Waals surface area contributed by atoms with Crippen LogP contribution in [0.1, 0.15) is 63.9 Å². The van der Waals surface area contributed by atoms with Crippen LogP contribution in [-0.4, -0.2) is 21.8 Å². The fourth-order valence-electron chi connectivity index (χ4n) is 4.21. The van der Waals surface area contributed by atoms with Crippen LogP contribution in [0.15, 0.2) is 24.3 Å². The van der Waals surface area contributed by atoms with Gasteiger partial charge < -0.3 is 11.1 Å². The van der Waals surface area contributed by atoms with E-state index in [1.54, 1.807) is 0 Å². The number of aromatic nitrogens is 2. The number of para-hydroxylation sites is 1. The first kappa shape index (κ1) is 21.2. The van der Waals surface area contributed by atoms with Gasteiger partial charge in [0.1, 0.15) is 5.82 Å². The Bertz CT molecular complexity index is 859. The summed E-state index contributed by atoms with van der Waals surface area (Å²) in [5, 5.41) is 3.91. The van der Waals surface area contributed by atoms with Crippen molar-refractivity contribution >= 4 is 22.7 Å². The molecule has 2 aromatic rings. The number of nitrogens with zero attached hydrogens (tertiary/aromatic N) is 2. The van der Waals surface area contributed by atoms with E-state index in [0.717, 1.165) is 29.4 Å². The Hall–Kier alpha value is -2.50. The molecule has 1 aliphatic rings. The number of carbonyl (C=O) groups excluding carboxylic acids is 2. The maximum Gasteiger partial charge on any atom is 0.221 e. The molecule has 1 aliphatic carbocycles. The standard InChI is InChI=1S/C23H32N4O2/c1-15(2)18(23(24)29)13-20-17-10-6-7-11-19(17)26-21(27-20)14-25-22(28)12-16-8-4-3-5-9-16/h6-7,10-11,15-16,18H,3-5,8-9,12-14H2,1-2H3,(H2,24,29)(H,25,28)/t18-/m0/s1. The number of hydrogen-bond donors (Lipinski definition) is 2. The molecule has 3 rings (SSSR count). The number of nitrogens with one attached hydrogen (secondary N) is 1. The molecule has 0 spiro atoms. The molecule has 1 fully saturated rings. The Balaban J connectivity index is 1.74. The van der Waals surface area contributed by atoms with Gasteiger partial charge in [0.2, 0.25) is 11.8 Å². The van der Waals surface area contributed by atoms with Crippen LogP contribution in [0.25, 0.3) is 10.9 Å². The van der Waals surface area contributed by atoms with Gasteiger partial charge in [-0.2, -0.15) is 0 Å². The summed E-state index contributed by atoms with van der Waals surface area (Å²) in [6, 6.07) is 7.77. The Morgan fingerprint density at radius 3 is 2.55 bits per heavy atom. The quantitative estimate of drug-likeness (QED) is 0.713. The van der Waals surface area contributed by atoms with E-state index in [0.29, 0.717) is 31.1 Å². The van der Waals surface area contributed by atoms with Crippen molar-refractivity contribution in [1.29, 1.82) is 0 Å². The van der Waals surface area contributed by atoms with Crippen LogP contribution < -0.4 is 11.1 Å². The van der Waals surface area contributed by atoms with E-state index in [4.69, 9.17) is 10.7 Å². The molecule has 1 aromatic heterocycles. The third kappa shape index (κ3) is 5.75. The van der Waals surface area contributed by atoms with Crippen LogP contribution in [0.2, 0.25) is 0 Å². The van der Waals surface area contributed by atoms with Crippen LogP contribution in [0.3, 0.4) is 0 Å². The molecule has 3 N–H and O–H groups in total. The fraction of sp³-hybridized carbons (Fsp3) is 0.565. The zero-order valence-corrected chi connectivity index (χ0v) is 17.5. The highest BCUT2D eigenvalue weighted by Gasteiger charge is 2.22. The second kappa shape index (κ2) is 9.81. The predicted octanol–water partition coefficient (Wildman–Crippen LogP) is 3.52. The monoisotopic (exact) mass is 396 g/mol. The molecule has 2 amide bonds. The predicted molar refractivity (Wildman–Crippen MR) is 114 cm³/mol. The molecule has 0 unspecified atom stereocenters. The van der Waals surface area contributed by atoms with E-state index in [9.17, 15) is 9.59 Å². The van der Waals surface area contributed by atoms with Gasteiger partial charge in [-0.1, -0.05) is 51.3 Å². The summed E-state index contributed by atoms with van der Waals surface area (Å²) in [5.41, 5.74) is 7.25.